The van der Waals surface area contributed by atoms with E-state index in [4.69, 9.17) is 0 Å². The first-order valence-corrected chi connectivity index (χ1v) is 4.53. The zero-order valence-corrected chi connectivity index (χ0v) is 7.43. The average Bonchev–Trinajstić information content (AvgIpc) is 2.17. The molecule has 2 rings (SSSR count). The lowest BCUT2D eigenvalue weighted by Gasteiger charge is -2.44. The van der Waals surface area contributed by atoms with E-state index in [-0.39, 0.29) is 0 Å². The molecule has 2 unspecified atom stereocenters. The molecule has 0 aromatic heterocycles. The van der Waals surface area contributed by atoms with Crippen LogP contribution in [0.5, 0.6) is 0 Å². The van der Waals surface area contributed by atoms with Crippen molar-refractivity contribution in [1.82, 2.24) is 4.90 Å². The Kier molecular flexibility index (Phi) is 1.37. The molecule has 0 amide bonds. The molecule has 2 aliphatic rings. The zero-order valence-electron chi connectivity index (χ0n) is 7.43. The van der Waals surface area contributed by atoms with Crippen molar-refractivity contribution in [2.45, 2.75) is 50.3 Å². The largest absolute Gasteiger partial charge is 0.376 e. The van der Waals surface area contributed by atoms with E-state index in [1.54, 1.807) is 0 Å². The van der Waals surface area contributed by atoms with Gasteiger partial charge < -0.3 is 5.11 Å². The van der Waals surface area contributed by atoms with Gasteiger partial charge >= 0.3 is 0 Å². The van der Waals surface area contributed by atoms with Gasteiger partial charge in [-0.3, -0.25) is 4.90 Å². The molecule has 11 heavy (non-hydrogen) atoms. The SMILES string of the molecule is CN1C2(C)CCCC1(O)CC2. The standard InChI is InChI=1S/C9H17NO/c1-8-4-3-5-9(11,7-6-8)10(8)2/h11H,3-7H2,1-2H3. The normalized spacial score (nSPS) is 51.5. The van der Waals surface area contributed by atoms with Crippen LogP contribution in [0, 0.1) is 0 Å². The highest BCUT2D eigenvalue weighted by Gasteiger charge is 2.51. The Balaban J connectivity index is 2.30. The fourth-order valence-corrected chi connectivity index (χ4v) is 2.65. The van der Waals surface area contributed by atoms with Crippen LogP contribution >= 0.6 is 0 Å². The number of fused-ring (bicyclic) bond motifs is 2. The minimum absolute atomic E-state index is 0.299. The van der Waals surface area contributed by atoms with Gasteiger partial charge in [-0.2, -0.15) is 0 Å². The van der Waals surface area contributed by atoms with Gasteiger partial charge in [0.1, 0.15) is 5.72 Å². The first-order valence-electron chi connectivity index (χ1n) is 4.53. The van der Waals surface area contributed by atoms with Gasteiger partial charge in [0.05, 0.1) is 0 Å². The molecular weight excluding hydrogens is 138 g/mol. The van der Waals surface area contributed by atoms with Crippen molar-refractivity contribution in [2.24, 2.45) is 0 Å². The Bertz CT molecular complexity index is 164. The van der Waals surface area contributed by atoms with Crippen LogP contribution in [0.15, 0.2) is 0 Å². The number of hydrogen-bond acceptors (Lipinski definition) is 2. The summed E-state index contributed by atoms with van der Waals surface area (Å²) in [5, 5.41) is 10.1. The van der Waals surface area contributed by atoms with Crippen LogP contribution in [0.4, 0.5) is 0 Å². The van der Waals surface area contributed by atoms with Gasteiger partial charge in [-0.05, 0) is 46.1 Å². The van der Waals surface area contributed by atoms with Gasteiger partial charge in [0.15, 0.2) is 0 Å². The van der Waals surface area contributed by atoms with E-state index in [1.807, 2.05) is 0 Å². The summed E-state index contributed by atoms with van der Waals surface area (Å²) in [5.41, 5.74) is -0.153. The first kappa shape index (κ1) is 7.56. The summed E-state index contributed by atoms with van der Waals surface area (Å²) in [6.45, 7) is 2.27. The third kappa shape index (κ3) is 0.859. The van der Waals surface area contributed by atoms with Crippen LogP contribution in [0.3, 0.4) is 0 Å². The summed E-state index contributed by atoms with van der Waals surface area (Å²) in [6.07, 6.45) is 5.56. The van der Waals surface area contributed by atoms with E-state index in [0.29, 0.717) is 5.54 Å². The topological polar surface area (TPSA) is 23.5 Å². The van der Waals surface area contributed by atoms with E-state index in [9.17, 15) is 5.11 Å². The van der Waals surface area contributed by atoms with Crippen LogP contribution in [0.2, 0.25) is 0 Å². The molecule has 0 saturated carbocycles. The summed E-state index contributed by atoms with van der Waals surface area (Å²) < 4.78 is 0. The Morgan fingerprint density at radius 1 is 1.18 bits per heavy atom. The van der Waals surface area contributed by atoms with Crippen LogP contribution < -0.4 is 0 Å². The maximum absolute atomic E-state index is 10.1. The lowest BCUT2D eigenvalue weighted by Crippen LogP contribution is -2.53. The van der Waals surface area contributed by atoms with E-state index < -0.39 is 5.72 Å². The van der Waals surface area contributed by atoms with Gasteiger partial charge in [-0.25, -0.2) is 0 Å². The monoisotopic (exact) mass is 155 g/mol. The minimum atomic E-state index is -0.451. The number of hydrogen-bond donors (Lipinski definition) is 1. The van der Waals surface area contributed by atoms with Crippen LogP contribution in [-0.2, 0) is 0 Å². The summed E-state index contributed by atoms with van der Waals surface area (Å²) >= 11 is 0. The zero-order chi connectivity index (χ0) is 8.11. The second-order valence-electron chi connectivity index (χ2n) is 4.39. The second kappa shape index (κ2) is 1.99. The molecule has 2 nitrogen and oxygen atoms in total. The highest BCUT2D eigenvalue weighted by molar-refractivity contribution is 5.03. The van der Waals surface area contributed by atoms with Crippen molar-refractivity contribution in [3.05, 3.63) is 0 Å². The predicted octanol–water partition coefficient (Wildman–Crippen LogP) is 1.34. The van der Waals surface area contributed by atoms with Crippen molar-refractivity contribution >= 4 is 0 Å². The minimum Gasteiger partial charge on any atom is -0.376 e. The van der Waals surface area contributed by atoms with Gasteiger partial charge in [-0.15, -0.1) is 0 Å². The summed E-state index contributed by atoms with van der Waals surface area (Å²) in [7, 11) is 2.06. The molecular formula is C9H17NO. The first-order chi connectivity index (χ1) is 5.07. The Labute approximate surface area is 68.2 Å². The molecule has 64 valence electrons. The van der Waals surface area contributed by atoms with Crippen LogP contribution in [0.25, 0.3) is 0 Å². The predicted molar refractivity (Wildman–Crippen MR) is 44.2 cm³/mol. The molecule has 1 N–H and O–H groups in total. The Morgan fingerprint density at radius 3 is 2.45 bits per heavy atom. The number of rotatable bonds is 0. The van der Waals surface area contributed by atoms with E-state index >= 15 is 0 Å². The number of aliphatic hydroxyl groups is 1. The molecule has 0 radical (unpaired) electrons. The summed E-state index contributed by atoms with van der Waals surface area (Å²) in [4.78, 5) is 2.18. The molecule has 2 heterocycles. The quantitative estimate of drug-likeness (QED) is 0.570. The third-order valence-corrected chi connectivity index (χ3v) is 3.79. The summed E-state index contributed by atoms with van der Waals surface area (Å²) in [5.74, 6) is 0. The molecule has 2 atom stereocenters. The van der Waals surface area contributed by atoms with Crippen LogP contribution in [-0.4, -0.2) is 28.3 Å². The average molecular weight is 155 g/mol. The van der Waals surface area contributed by atoms with E-state index in [1.165, 1.54) is 19.3 Å². The molecule has 2 heteroatoms. The maximum atomic E-state index is 10.1. The van der Waals surface area contributed by atoms with Crippen molar-refractivity contribution in [1.29, 1.82) is 0 Å². The van der Waals surface area contributed by atoms with E-state index in [2.05, 4.69) is 18.9 Å². The highest BCUT2D eigenvalue weighted by Crippen LogP contribution is 2.47. The van der Waals surface area contributed by atoms with Gasteiger partial charge in [-0.1, -0.05) is 0 Å². The lowest BCUT2D eigenvalue weighted by molar-refractivity contribution is -0.126. The van der Waals surface area contributed by atoms with Crippen molar-refractivity contribution in [2.75, 3.05) is 7.05 Å². The van der Waals surface area contributed by atoms with Crippen molar-refractivity contribution in [3.8, 4) is 0 Å². The van der Waals surface area contributed by atoms with Gasteiger partial charge in [0, 0.05) is 5.54 Å². The third-order valence-electron chi connectivity index (χ3n) is 3.79. The number of piperidine rings is 1. The van der Waals surface area contributed by atoms with Crippen LogP contribution in [0.1, 0.15) is 39.0 Å². The smallest absolute Gasteiger partial charge is 0.118 e. The fourth-order valence-electron chi connectivity index (χ4n) is 2.65. The fraction of sp³-hybridized carbons (Fsp3) is 1.00. The molecule has 2 saturated heterocycles. The maximum Gasteiger partial charge on any atom is 0.118 e. The second-order valence-corrected chi connectivity index (χ2v) is 4.39. The summed E-state index contributed by atoms with van der Waals surface area (Å²) in [6, 6.07) is 0. The highest BCUT2D eigenvalue weighted by atomic mass is 16.3. The molecule has 0 aliphatic carbocycles. The van der Waals surface area contributed by atoms with E-state index in [0.717, 1.165) is 12.8 Å². The van der Waals surface area contributed by atoms with Crippen molar-refractivity contribution < 1.29 is 5.11 Å². The lowest BCUT2D eigenvalue weighted by atomic mass is 9.90. The molecule has 0 aromatic rings. The number of nitrogens with zero attached hydrogens (tertiary/aromatic N) is 1. The molecule has 2 bridgehead atoms. The van der Waals surface area contributed by atoms with Gasteiger partial charge in [0.2, 0.25) is 0 Å². The van der Waals surface area contributed by atoms with Gasteiger partial charge in [0.25, 0.3) is 0 Å². The Hall–Kier alpha value is -0.0800. The van der Waals surface area contributed by atoms with Crippen molar-refractivity contribution in [3.63, 3.8) is 0 Å². The molecule has 2 fully saturated rings. The molecule has 2 aliphatic heterocycles. The molecule has 0 aromatic carbocycles. The molecule has 0 spiro atoms. The Morgan fingerprint density at radius 2 is 1.91 bits per heavy atom.